The van der Waals surface area contributed by atoms with Crippen LogP contribution in [-0.4, -0.2) is 15.4 Å². The van der Waals surface area contributed by atoms with E-state index in [9.17, 15) is 0 Å². The topological polar surface area (TPSA) is 64.9 Å². The Balaban J connectivity index is 1.96. The SMILES string of the molecule is CCC(C)SCc1noc(C2(N)CCC(C)CC2)n1. The van der Waals surface area contributed by atoms with Gasteiger partial charge >= 0.3 is 0 Å². The summed E-state index contributed by atoms with van der Waals surface area (Å²) in [5.74, 6) is 2.99. The molecule has 5 heteroatoms. The molecule has 108 valence electrons. The van der Waals surface area contributed by atoms with E-state index >= 15 is 0 Å². The lowest BCUT2D eigenvalue weighted by molar-refractivity contribution is 0.190. The van der Waals surface area contributed by atoms with Crippen LogP contribution < -0.4 is 5.73 Å². The highest BCUT2D eigenvalue weighted by molar-refractivity contribution is 7.99. The zero-order valence-corrected chi connectivity index (χ0v) is 13.0. The van der Waals surface area contributed by atoms with E-state index in [4.69, 9.17) is 10.3 Å². The van der Waals surface area contributed by atoms with Gasteiger partial charge in [0, 0.05) is 5.25 Å². The van der Waals surface area contributed by atoms with Gasteiger partial charge in [0.05, 0.1) is 11.3 Å². The minimum atomic E-state index is -0.390. The molecule has 0 bridgehead atoms. The highest BCUT2D eigenvalue weighted by Gasteiger charge is 2.37. The van der Waals surface area contributed by atoms with Gasteiger partial charge in [-0.2, -0.15) is 16.7 Å². The maximum absolute atomic E-state index is 6.44. The van der Waals surface area contributed by atoms with Crippen molar-refractivity contribution in [2.45, 2.75) is 69.4 Å². The Morgan fingerprint density at radius 3 is 2.79 bits per heavy atom. The van der Waals surface area contributed by atoms with Crippen LogP contribution in [0.15, 0.2) is 4.52 Å². The van der Waals surface area contributed by atoms with Crippen molar-refractivity contribution in [1.29, 1.82) is 0 Å². The number of aromatic nitrogens is 2. The summed E-state index contributed by atoms with van der Waals surface area (Å²) in [6, 6.07) is 0. The fourth-order valence-electron chi connectivity index (χ4n) is 2.34. The van der Waals surface area contributed by atoms with Crippen LogP contribution >= 0.6 is 11.8 Å². The van der Waals surface area contributed by atoms with Crippen molar-refractivity contribution in [3.63, 3.8) is 0 Å². The summed E-state index contributed by atoms with van der Waals surface area (Å²) in [6.45, 7) is 6.69. The van der Waals surface area contributed by atoms with Crippen LogP contribution in [0, 0.1) is 5.92 Å². The molecular formula is C14H25N3OS. The third-order valence-electron chi connectivity index (χ3n) is 4.13. The van der Waals surface area contributed by atoms with Gasteiger partial charge in [0.15, 0.2) is 5.82 Å². The molecule has 2 rings (SSSR count). The predicted octanol–water partition coefficient (Wildman–Crippen LogP) is 3.47. The van der Waals surface area contributed by atoms with Gasteiger partial charge in [0.1, 0.15) is 0 Å². The predicted molar refractivity (Wildman–Crippen MR) is 78.8 cm³/mol. The number of hydrogen-bond acceptors (Lipinski definition) is 5. The Kier molecular flexibility index (Phi) is 4.90. The smallest absolute Gasteiger partial charge is 0.246 e. The fraction of sp³-hybridized carbons (Fsp3) is 0.857. The van der Waals surface area contributed by atoms with E-state index in [1.54, 1.807) is 0 Å². The zero-order chi connectivity index (χ0) is 13.9. The lowest BCUT2D eigenvalue weighted by Gasteiger charge is -2.32. The molecule has 1 aliphatic rings. The van der Waals surface area contributed by atoms with Crippen molar-refractivity contribution in [1.82, 2.24) is 10.1 Å². The van der Waals surface area contributed by atoms with E-state index in [0.29, 0.717) is 11.1 Å². The molecule has 1 heterocycles. The maximum atomic E-state index is 6.44. The summed E-state index contributed by atoms with van der Waals surface area (Å²) >= 11 is 1.86. The molecule has 2 N–H and O–H groups in total. The highest BCUT2D eigenvalue weighted by atomic mass is 32.2. The zero-order valence-electron chi connectivity index (χ0n) is 12.2. The molecule has 4 nitrogen and oxygen atoms in total. The first-order valence-electron chi connectivity index (χ1n) is 7.27. The van der Waals surface area contributed by atoms with Crippen molar-refractivity contribution in [2.75, 3.05) is 0 Å². The molecule has 0 amide bonds. The van der Waals surface area contributed by atoms with Crippen molar-refractivity contribution in [2.24, 2.45) is 11.7 Å². The summed E-state index contributed by atoms with van der Waals surface area (Å²) in [7, 11) is 0. The van der Waals surface area contributed by atoms with Gasteiger partial charge in [0.25, 0.3) is 0 Å². The Morgan fingerprint density at radius 1 is 1.47 bits per heavy atom. The van der Waals surface area contributed by atoms with E-state index in [0.717, 1.165) is 49.6 Å². The number of thioether (sulfide) groups is 1. The van der Waals surface area contributed by atoms with E-state index in [-0.39, 0.29) is 0 Å². The third kappa shape index (κ3) is 3.72. The van der Waals surface area contributed by atoms with Gasteiger partial charge in [-0.3, -0.25) is 0 Å². The summed E-state index contributed by atoms with van der Waals surface area (Å²) in [5, 5.41) is 4.70. The number of nitrogens with two attached hydrogens (primary N) is 1. The number of hydrogen-bond donors (Lipinski definition) is 1. The largest absolute Gasteiger partial charge is 0.337 e. The summed E-state index contributed by atoms with van der Waals surface area (Å²) in [4.78, 5) is 4.51. The van der Waals surface area contributed by atoms with Crippen LogP contribution in [0.4, 0.5) is 0 Å². The van der Waals surface area contributed by atoms with Crippen LogP contribution in [0.2, 0.25) is 0 Å². The fourth-order valence-corrected chi connectivity index (χ4v) is 3.13. The minimum Gasteiger partial charge on any atom is -0.337 e. The lowest BCUT2D eigenvalue weighted by Crippen LogP contribution is -2.40. The van der Waals surface area contributed by atoms with Crippen molar-refractivity contribution in [3.05, 3.63) is 11.7 Å². The molecule has 1 unspecified atom stereocenters. The van der Waals surface area contributed by atoms with Gasteiger partial charge in [-0.05, 0) is 38.0 Å². The normalized spacial score (nSPS) is 29.4. The molecule has 0 aromatic carbocycles. The second-order valence-corrected chi connectivity index (χ2v) is 7.31. The molecule has 1 fully saturated rings. The van der Waals surface area contributed by atoms with Crippen LogP contribution in [0.5, 0.6) is 0 Å². The second-order valence-electron chi connectivity index (χ2n) is 5.88. The number of rotatable bonds is 5. The van der Waals surface area contributed by atoms with Gasteiger partial charge < -0.3 is 10.3 Å². The van der Waals surface area contributed by atoms with E-state index in [2.05, 4.69) is 30.9 Å². The Bertz CT molecular complexity index is 399. The van der Waals surface area contributed by atoms with Crippen LogP contribution in [0.25, 0.3) is 0 Å². The molecule has 0 saturated heterocycles. The monoisotopic (exact) mass is 283 g/mol. The van der Waals surface area contributed by atoms with Crippen molar-refractivity contribution in [3.8, 4) is 0 Å². The van der Waals surface area contributed by atoms with Crippen LogP contribution in [0.1, 0.15) is 64.6 Å². The van der Waals surface area contributed by atoms with E-state index in [1.165, 1.54) is 0 Å². The number of nitrogens with zero attached hydrogens (tertiary/aromatic N) is 2. The average Bonchev–Trinajstić information content (AvgIpc) is 2.89. The first-order valence-corrected chi connectivity index (χ1v) is 8.32. The summed E-state index contributed by atoms with van der Waals surface area (Å²) in [5.41, 5.74) is 6.04. The Morgan fingerprint density at radius 2 is 2.16 bits per heavy atom. The molecular weight excluding hydrogens is 258 g/mol. The summed E-state index contributed by atoms with van der Waals surface area (Å²) < 4.78 is 5.41. The molecule has 0 spiro atoms. The van der Waals surface area contributed by atoms with Crippen molar-refractivity contribution >= 4 is 11.8 Å². The van der Waals surface area contributed by atoms with Gasteiger partial charge in [-0.1, -0.05) is 25.9 Å². The molecule has 1 aliphatic carbocycles. The average molecular weight is 283 g/mol. The highest BCUT2D eigenvalue weighted by Crippen LogP contribution is 2.36. The molecule has 0 radical (unpaired) electrons. The standard InChI is InChI=1S/C14H25N3OS/c1-4-11(3)19-9-12-16-13(18-17-12)14(15)7-5-10(2)6-8-14/h10-11H,4-9,15H2,1-3H3. The summed E-state index contributed by atoms with van der Waals surface area (Å²) in [6.07, 6.45) is 5.36. The first kappa shape index (κ1) is 14.9. The minimum absolute atomic E-state index is 0.390. The second kappa shape index (κ2) is 6.27. The van der Waals surface area contributed by atoms with Crippen LogP contribution in [0.3, 0.4) is 0 Å². The Hall–Kier alpha value is -0.550. The van der Waals surface area contributed by atoms with Gasteiger partial charge in [0.2, 0.25) is 5.89 Å². The molecule has 1 aromatic heterocycles. The van der Waals surface area contributed by atoms with E-state index in [1.807, 2.05) is 11.8 Å². The molecule has 0 aliphatic heterocycles. The molecule has 19 heavy (non-hydrogen) atoms. The lowest BCUT2D eigenvalue weighted by atomic mass is 9.78. The van der Waals surface area contributed by atoms with Gasteiger partial charge in [-0.15, -0.1) is 0 Å². The van der Waals surface area contributed by atoms with Crippen molar-refractivity contribution < 1.29 is 4.52 Å². The maximum Gasteiger partial charge on any atom is 0.246 e. The molecule has 1 aromatic rings. The molecule has 1 saturated carbocycles. The van der Waals surface area contributed by atoms with Gasteiger partial charge in [-0.25, -0.2) is 0 Å². The quantitative estimate of drug-likeness (QED) is 0.896. The third-order valence-corrected chi connectivity index (χ3v) is 5.46. The van der Waals surface area contributed by atoms with E-state index < -0.39 is 5.54 Å². The molecule has 1 atom stereocenters. The first-order chi connectivity index (χ1) is 9.03. The Labute approximate surface area is 119 Å². The van der Waals surface area contributed by atoms with Crippen LogP contribution in [-0.2, 0) is 11.3 Å².